The first-order chi connectivity index (χ1) is 12.0. The summed E-state index contributed by atoms with van der Waals surface area (Å²) in [4.78, 5) is 16.9. The third-order valence-electron chi connectivity index (χ3n) is 4.08. The zero-order valence-corrected chi connectivity index (χ0v) is 14.1. The number of carbonyl (C=O) groups is 1. The van der Waals surface area contributed by atoms with Crippen LogP contribution in [0.25, 0.3) is 0 Å². The molecule has 0 aliphatic carbocycles. The van der Waals surface area contributed by atoms with Gasteiger partial charge in [0.25, 0.3) is 0 Å². The molecule has 25 heavy (non-hydrogen) atoms. The van der Waals surface area contributed by atoms with Crippen LogP contribution in [0, 0.1) is 5.82 Å². The molecular weight excluding hydrogens is 321 g/mol. The number of amides is 1. The Bertz CT molecular complexity index is 826. The fraction of sp³-hybridized carbons (Fsp3) is 0.278. The summed E-state index contributed by atoms with van der Waals surface area (Å²) in [5, 5.41) is 7.16. The molecule has 0 spiro atoms. The lowest BCUT2D eigenvalue weighted by Gasteiger charge is -2.20. The monoisotopic (exact) mass is 341 g/mol. The van der Waals surface area contributed by atoms with Crippen LogP contribution in [0.4, 0.5) is 4.39 Å². The molecule has 1 N–H and O–H groups in total. The normalized spacial score (nSPS) is 13.4. The molecule has 3 rings (SSSR count). The van der Waals surface area contributed by atoms with Crippen molar-refractivity contribution in [1.82, 2.24) is 24.6 Å². The number of aryl methyl sites for hydroxylation is 1. The number of imidazole rings is 1. The van der Waals surface area contributed by atoms with E-state index in [1.165, 1.54) is 12.1 Å². The summed E-state index contributed by atoms with van der Waals surface area (Å²) in [6, 6.07) is 7.39. The van der Waals surface area contributed by atoms with Crippen LogP contribution in [0.5, 0.6) is 0 Å². The molecule has 2 heterocycles. The van der Waals surface area contributed by atoms with Gasteiger partial charge in [-0.15, -0.1) is 0 Å². The molecule has 3 aromatic rings. The number of aromatic nitrogens is 4. The van der Waals surface area contributed by atoms with E-state index >= 15 is 0 Å². The van der Waals surface area contributed by atoms with E-state index in [0.29, 0.717) is 5.82 Å². The second-order valence-corrected chi connectivity index (χ2v) is 5.99. The molecule has 1 aromatic carbocycles. The number of benzene rings is 1. The van der Waals surface area contributed by atoms with E-state index in [-0.39, 0.29) is 24.2 Å². The summed E-state index contributed by atoms with van der Waals surface area (Å²) < 4.78 is 16.8. The van der Waals surface area contributed by atoms with Gasteiger partial charge in [0, 0.05) is 38.3 Å². The minimum absolute atomic E-state index is 0.0646. The molecule has 0 radical (unpaired) electrons. The first-order valence-electron chi connectivity index (χ1n) is 8.06. The SMILES string of the molecule is C[C@@H](CC(=O)N[C@H](c1ccc(F)cc1)c1nccn1C)n1cccn1. The highest BCUT2D eigenvalue weighted by atomic mass is 19.1. The summed E-state index contributed by atoms with van der Waals surface area (Å²) in [7, 11) is 1.86. The molecule has 0 bridgehead atoms. The molecule has 0 saturated carbocycles. The van der Waals surface area contributed by atoms with Gasteiger partial charge in [0.15, 0.2) is 0 Å². The van der Waals surface area contributed by atoms with Crippen molar-refractivity contribution in [3.8, 4) is 0 Å². The lowest BCUT2D eigenvalue weighted by Crippen LogP contribution is -2.32. The predicted molar refractivity (Wildman–Crippen MR) is 91.1 cm³/mol. The molecule has 7 heteroatoms. The standard InChI is InChI=1S/C18H20FN5O/c1-13(24-10-3-8-21-24)12-16(25)22-17(18-20-9-11-23(18)2)14-4-6-15(19)7-5-14/h3-11,13,17H,12H2,1-2H3,(H,22,25)/t13-,17+/m0/s1. The number of rotatable bonds is 6. The van der Waals surface area contributed by atoms with Crippen molar-refractivity contribution < 1.29 is 9.18 Å². The van der Waals surface area contributed by atoms with Crippen LogP contribution in [0.1, 0.15) is 36.8 Å². The second kappa shape index (κ2) is 7.29. The maximum Gasteiger partial charge on any atom is 0.222 e. The third kappa shape index (κ3) is 3.93. The number of hydrogen-bond acceptors (Lipinski definition) is 3. The van der Waals surface area contributed by atoms with E-state index in [9.17, 15) is 9.18 Å². The summed E-state index contributed by atoms with van der Waals surface area (Å²) in [6.45, 7) is 1.93. The van der Waals surface area contributed by atoms with Gasteiger partial charge in [0.1, 0.15) is 17.7 Å². The van der Waals surface area contributed by atoms with Gasteiger partial charge in [-0.05, 0) is 30.7 Å². The molecular formula is C18H20FN5O. The van der Waals surface area contributed by atoms with Crippen LogP contribution in [0.2, 0.25) is 0 Å². The number of carbonyl (C=O) groups excluding carboxylic acids is 1. The van der Waals surface area contributed by atoms with E-state index in [4.69, 9.17) is 0 Å². The van der Waals surface area contributed by atoms with Gasteiger partial charge in [0.05, 0.1) is 6.04 Å². The maximum absolute atomic E-state index is 13.2. The highest BCUT2D eigenvalue weighted by Crippen LogP contribution is 2.21. The molecule has 1 amide bonds. The molecule has 130 valence electrons. The Hall–Kier alpha value is -2.96. The van der Waals surface area contributed by atoms with E-state index in [1.807, 2.05) is 37.0 Å². The number of nitrogens with zero attached hydrogens (tertiary/aromatic N) is 4. The Kier molecular flexibility index (Phi) is 4.92. The maximum atomic E-state index is 13.2. The van der Waals surface area contributed by atoms with Gasteiger partial charge in [-0.2, -0.15) is 5.10 Å². The third-order valence-corrected chi connectivity index (χ3v) is 4.08. The molecule has 0 fully saturated rings. The first-order valence-corrected chi connectivity index (χ1v) is 8.06. The van der Waals surface area contributed by atoms with Crippen LogP contribution in [0.3, 0.4) is 0 Å². The van der Waals surface area contributed by atoms with Crippen LogP contribution in [0.15, 0.2) is 55.1 Å². The van der Waals surface area contributed by atoms with E-state index < -0.39 is 6.04 Å². The first kappa shape index (κ1) is 16.9. The second-order valence-electron chi connectivity index (χ2n) is 5.99. The van der Waals surface area contributed by atoms with Crippen molar-refractivity contribution in [1.29, 1.82) is 0 Å². The average Bonchev–Trinajstić information content (AvgIpc) is 3.25. The topological polar surface area (TPSA) is 64.7 Å². The van der Waals surface area contributed by atoms with Crippen molar-refractivity contribution in [3.63, 3.8) is 0 Å². The average molecular weight is 341 g/mol. The molecule has 2 aromatic heterocycles. The van der Waals surface area contributed by atoms with Crippen molar-refractivity contribution >= 4 is 5.91 Å². The summed E-state index contributed by atoms with van der Waals surface area (Å²) >= 11 is 0. The molecule has 0 aliphatic heterocycles. The van der Waals surface area contributed by atoms with E-state index in [2.05, 4.69) is 15.4 Å². The van der Waals surface area contributed by atoms with Crippen LogP contribution < -0.4 is 5.32 Å². The van der Waals surface area contributed by atoms with Gasteiger partial charge >= 0.3 is 0 Å². The molecule has 0 aliphatic rings. The van der Waals surface area contributed by atoms with Crippen molar-refractivity contribution in [2.45, 2.75) is 25.4 Å². The van der Waals surface area contributed by atoms with Gasteiger partial charge in [-0.3, -0.25) is 9.48 Å². The Labute approximate surface area is 145 Å². The van der Waals surface area contributed by atoms with Gasteiger partial charge in [-0.25, -0.2) is 9.37 Å². The van der Waals surface area contributed by atoms with Gasteiger partial charge < -0.3 is 9.88 Å². The minimum atomic E-state index is -0.446. The number of hydrogen-bond donors (Lipinski definition) is 1. The molecule has 0 unspecified atom stereocenters. The Balaban J connectivity index is 1.79. The fourth-order valence-corrected chi connectivity index (χ4v) is 2.73. The Morgan fingerprint density at radius 2 is 2.00 bits per heavy atom. The molecule has 6 nitrogen and oxygen atoms in total. The zero-order valence-electron chi connectivity index (χ0n) is 14.1. The highest BCUT2D eigenvalue weighted by Gasteiger charge is 2.22. The number of halogens is 1. The fourth-order valence-electron chi connectivity index (χ4n) is 2.73. The lowest BCUT2D eigenvalue weighted by molar-refractivity contribution is -0.122. The van der Waals surface area contributed by atoms with Gasteiger partial charge in [-0.1, -0.05) is 12.1 Å². The quantitative estimate of drug-likeness (QED) is 0.749. The van der Waals surface area contributed by atoms with Gasteiger partial charge in [0.2, 0.25) is 5.91 Å². The summed E-state index contributed by atoms with van der Waals surface area (Å²) in [5.41, 5.74) is 0.774. The summed E-state index contributed by atoms with van der Waals surface area (Å²) in [6.07, 6.45) is 7.27. The zero-order chi connectivity index (χ0) is 17.8. The Morgan fingerprint density at radius 3 is 2.60 bits per heavy atom. The molecule has 2 atom stereocenters. The number of nitrogens with one attached hydrogen (secondary N) is 1. The van der Waals surface area contributed by atoms with Crippen molar-refractivity contribution in [3.05, 3.63) is 72.3 Å². The smallest absolute Gasteiger partial charge is 0.222 e. The largest absolute Gasteiger partial charge is 0.342 e. The van der Waals surface area contributed by atoms with Crippen molar-refractivity contribution in [2.75, 3.05) is 0 Å². The van der Waals surface area contributed by atoms with E-state index in [1.54, 1.807) is 29.2 Å². The minimum Gasteiger partial charge on any atom is -0.342 e. The van der Waals surface area contributed by atoms with Crippen molar-refractivity contribution in [2.24, 2.45) is 7.05 Å². The van der Waals surface area contributed by atoms with Crippen LogP contribution in [-0.4, -0.2) is 25.2 Å². The van der Waals surface area contributed by atoms with Crippen LogP contribution in [-0.2, 0) is 11.8 Å². The lowest BCUT2D eigenvalue weighted by atomic mass is 10.1. The van der Waals surface area contributed by atoms with E-state index in [0.717, 1.165) is 5.56 Å². The summed E-state index contributed by atoms with van der Waals surface area (Å²) in [5.74, 6) is 0.244. The van der Waals surface area contributed by atoms with Crippen LogP contribution >= 0.6 is 0 Å². The molecule has 0 saturated heterocycles. The highest BCUT2D eigenvalue weighted by molar-refractivity contribution is 5.77. The Morgan fingerprint density at radius 1 is 1.24 bits per heavy atom. The predicted octanol–water partition coefficient (Wildman–Crippen LogP) is 2.61.